The molecule has 1 aromatic heterocycles. The van der Waals surface area contributed by atoms with Crippen molar-refractivity contribution in [2.24, 2.45) is 0 Å². The minimum absolute atomic E-state index is 0.676. The zero-order chi connectivity index (χ0) is 11.4. The molecule has 0 saturated carbocycles. The van der Waals surface area contributed by atoms with Crippen LogP contribution in [0.4, 0.5) is 5.69 Å². The van der Waals surface area contributed by atoms with Crippen LogP contribution in [-0.4, -0.2) is 17.1 Å². The zero-order valence-electron chi connectivity index (χ0n) is 8.75. The second kappa shape index (κ2) is 4.85. The largest absolute Gasteiger partial charge is 0.497 e. The predicted octanol–water partition coefficient (Wildman–Crippen LogP) is 2.22. The molecule has 2 rings (SSSR count). The quantitative estimate of drug-likeness (QED) is 0.824. The average molecular weight is 233 g/mol. The topological polar surface area (TPSA) is 61.0 Å². The molecule has 0 unspecified atom stereocenters. The highest BCUT2D eigenvalue weighted by atomic mass is 32.2. The Morgan fingerprint density at radius 1 is 1.31 bits per heavy atom. The second-order valence-electron chi connectivity index (χ2n) is 3.05. The third kappa shape index (κ3) is 2.43. The van der Waals surface area contributed by atoms with Crippen LogP contribution in [0.3, 0.4) is 0 Å². The van der Waals surface area contributed by atoms with E-state index in [4.69, 9.17) is 10.5 Å². The summed E-state index contributed by atoms with van der Waals surface area (Å²) in [5.41, 5.74) is 6.57. The fourth-order valence-corrected chi connectivity index (χ4v) is 1.96. The molecule has 2 aromatic rings. The number of rotatable bonds is 3. The van der Waals surface area contributed by atoms with Crippen LogP contribution in [0.15, 0.2) is 46.7 Å². The highest BCUT2D eigenvalue weighted by Gasteiger charge is 2.04. The van der Waals surface area contributed by atoms with E-state index in [1.165, 1.54) is 11.8 Å². The molecular formula is C11H11N3OS. The van der Waals surface area contributed by atoms with E-state index >= 15 is 0 Å². The number of hydrogen-bond donors (Lipinski definition) is 1. The van der Waals surface area contributed by atoms with Crippen LogP contribution in [-0.2, 0) is 0 Å². The highest BCUT2D eigenvalue weighted by Crippen LogP contribution is 2.32. The number of anilines is 1. The van der Waals surface area contributed by atoms with E-state index in [0.29, 0.717) is 5.69 Å². The van der Waals surface area contributed by atoms with Crippen molar-refractivity contribution in [2.45, 2.75) is 9.92 Å². The number of ether oxygens (including phenoxy) is 1. The van der Waals surface area contributed by atoms with Crippen molar-refractivity contribution in [1.29, 1.82) is 0 Å². The van der Waals surface area contributed by atoms with Gasteiger partial charge in [-0.05, 0) is 12.1 Å². The molecule has 0 radical (unpaired) electrons. The number of hydrogen-bond acceptors (Lipinski definition) is 5. The average Bonchev–Trinajstić information content (AvgIpc) is 2.33. The highest BCUT2D eigenvalue weighted by molar-refractivity contribution is 7.99. The molecule has 82 valence electrons. The van der Waals surface area contributed by atoms with Gasteiger partial charge in [0.1, 0.15) is 10.8 Å². The summed E-state index contributed by atoms with van der Waals surface area (Å²) in [4.78, 5) is 9.11. The van der Waals surface area contributed by atoms with Crippen LogP contribution in [0.5, 0.6) is 5.75 Å². The molecule has 4 nitrogen and oxygen atoms in total. The van der Waals surface area contributed by atoms with Gasteiger partial charge in [0.25, 0.3) is 0 Å². The van der Waals surface area contributed by atoms with Gasteiger partial charge in [0.05, 0.1) is 13.3 Å². The molecule has 0 spiro atoms. The van der Waals surface area contributed by atoms with Gasteiger partial charge < -0.3 is 10.5 Å². The molecule has 0 amide bonds. The van der Waals surface area contributed by atoms with Gasteiger partial charge in [-0.2, -0.15) is 0 Å². The summed E-state index contributed by atoms with van der Waals surface area (Å²) in [5, 5.41) is 0.819. The minimum Gasteiger partial charge on any atom is -0.497 e. The van der Waals surface area contributed by atoms with Crippen LogP contribution in [0, 0.1) is 0 Å². The zero-order valence-corrected chi connectivity index (χ0v) is 9.57. The Morgan fingerprint density at radius 3 is 2.81 bits per heavy atom. The second-order valence-corrected chi connectivity index (χ2v) is 4.11. The molecule has 0 saturated heterocycles. The molecule has 0 aliphatic heterocycles. The van der Waals surface area contributed by atoms with Crippen molar-refractivity contribution >= 4 is 17.4 Å². The molecule has 0 fully saturated rings. The van der Waals surface area contributed by atoms with Gasteiger partial charge in [0.15, 0.2) is 0 Å². The summed E-state index contributed by atoms with van der Waals surface area (Å²) in [6, 6.07) is 5.57. The van der Waals surface area contributed by atoms with E-state index in [2.05, 4.69) is 9.97 Å². The van der Waals surface area contributed by atoms with E-state index in [1.807, 2.05) is 12.1 Å². The lowest BCUT2D eigenvalue weighted by Gasteiger charge is -2.06. The summed E-state index contributed by atoms with van der Waals surface area (Å²) in [5.74, 6) is 0.751. The lowest BCUT2D eigenvalue weighted by atomic mass is 10.3. The van der Waals surface area contributed by atoms with Crippen LogP contribution >= 0.6 is 11.8 Å². The first-order valence-electron chi connectivity index (χ1n) is 4.67. The first-order valence-corrected chi connectivity index (χ1v) is 5.48. The molecule has 0 aliphatic carbocycles. The number of methoxy groups -OCH3 is 1. The van der Waals surface area contributed by atoms with Crippen molar-refractivity contribution in [3.8, 4) is 5.75 Å². The lowest BCUT2D eigenvalue weighted by molar-refractivity contribution is 0.415. The Bertz CT molecular complexity index is 476. The first-order chi connectivity index (χ1) is 7.79. The smallest absolute Gasteiger partial charge is 0.120 e. The number of aromatic nitrogens is 2. The summed E-state index contributed by atoms with van der Waals surface area (Å²) < 4.78 is 5.08. The summed E-state index contributed by atoms with van der Waals surface area (Å²) in [7, 11) is 1.62. The fraction of sp³-hybridized carbons (Fsp3) is 0.0909. The summed E-state index contributed by atoms with van der Waals surface area (Å²) >= 11 is 1.48. The fourth-order valence-electron chi connectivity index (χ4n) is 1.20. The van der Waals surface area contributed by atoms with Crippen molar-refractivity contribution in [3.63, 3.8) is 0 Å². The molecule has 5 heteroatoms. The van der Waals surface area contributed by atoms with Gasteiger partial charge >= 0.3 is 0 Å². The number of nitrogen functional groups attached to an aromatic ring is 1. The summed E-state index contributed by atoms with van der Waals surface area (Å²) in [6.45, 7) is 0. The van der Waals surface area contributed by atoms with Crippen molar-refractivity contribution < 1.29 is 4.74 Å². The van der Waals surface area contributed by atoms with Crippen LogP contribution < -0.4 is 10.5 Å². The van der Waals surface area contributed by atoms with Crippen molar-refractivity contribution in [2.75, 3.05) is 12.8 Å². The number of benzene rings is 1. The van der Waals surface area contributed by atoms with Gasteiger partial charge in [-0.25, -0.2) is 4.98 Å². The van der Waals surface area contributed by atoms with Crippen LogP contribution in [0.2, 0.25) is 0 Å². The molecule has 0 bridgehead atoms. The molecule has 0 aliphatic rings. The van der Waals surface area contributed by atoms with Gasteiger partial charge in [0.2, 0.25) is 0 Å². The predicted molar refractivity (Wildman–Crippen MR) is 63.6 cm³/mol. The Balaban J connectivity index is 2.22. The van der Waals surface area contributed by atoms with Crippen LogP contribution in [0.25, 0.3) is 0 Å². The van der Waals surface area contributed by atoms with E-state index in [0.717, 1.165) is 15.7 Å². The molecule has 16 heavy (non-hydrogen) atoms. The maximum atomic E-state index is 5.90. The Labute approximate surface area is 97.9 Å². The van der Waals surface area contributed by atoms with Gasteiger partial charge in [0, 0.05) is 29.0 Å². The van der Waals surface area contributed by atoms with E-state index in [1.54, 1.807) is 31.8 Å². The van der Waals surface area contributed by atoms with E-state index in [-0.39, 0.29) is 0 Å². The van der Waals surface area contributed by atoms with Gasteiger partial charge in [-0.1, -0.05) is 11.8 Å². The minimum atomic E-state index is 0.676. The Kier molecular flexibility index (Phi) is 3.26. The molecule has 1 aromatic carbocycles. The van der Waals surface area contributed by atoms with Crippen molar-refractivity contribution in [1.82, 2.24) is 9.97 Å². The number of nitrogens with zero attached hydrogens (tertiary/aromatic N) is 2. The standard InChI is InChI=1S/C11H11N3OS/c1-15-8-2-3-10(9(12)6-8)16-11-7-13-4-5-14-11/h2-7H,12H2,1H3. The van der Waals surface area contributed by atoms with Gasteiger partial charge in [-0.15, -0.1) is 0 Å². The molecular weight excluding hydrogens is 222 g/mol. The molecule has 0 atom stereocenters. The number of nitrogens with two attached hydrogens (primary N) is 1. The van der Waals surface area contributed by atoms with Crippen molar-refractivity contribution in [3.05, 3.63) is 36.8 Å². The maximum Gasteiger partial charge on any atom is 0.120 e. The third-order valence-corrected chi connectivity index (χ3v) is 2.98. The third-order valence-electron chi connectivity index (χ3n) is 1.97. The first kappa shape index (κ1) is 10.8. The van der Waals surface area contributed by atoms with Crippen LogP contribution in [0.1, 0.15) is 0 Å². The Hall–Kier alpha value is -1.75. The van der Waals surface area contributed by atoms with E-state index < -0.39 is 0 Å². The molecule has 2 N–H and O–H groups in total. The maximum absolute atomic E-state index is 5.90. The SMILES string of the molecule is COc1ccc(Sc2cnccn2)c(N)c1. The van der Waals surface area contributed by atoms with Gasteiger partial charge in [-0.3, -0.25) is 4.98 Å². The monoisotopic (exact) mass is 233 g/mol. The normalized spacial score (nSPS) is 10.1. The molecule has 1 heterocycles. The summed E-state index contributed by atoms with van der Waals surface area (Å²) in [6.07, 6.45) is 5.00. The van der Waals surface area contributed by atoms with E-state index in [9.17, 15) is 0 Å². The lowest BCUT2D eigenvalue weighted by Crippen LogP contribution is -1.91. The Morgan fingerprint density at radius 2 is 2.19 bits per heavy atom.